The first-order valence-electron chi connectivity index (χ1n) is 6.95. The molecule has 0 spiro atoms. The number of fused-ring (bicyclic) bond motifs is 1. The molecule has 0 aliphatic carbocycles. The Kier molecular flexibility index (Phi) is 3.40. The number of aromatic nitrogens is 1. The molecule has 3 rings (SSSR count). The summed E-state index contributed by atoms with van der Waals surface area (Å²) >= 11 is 0. The molecule has 2 unspecified atom stereocenters. The molecule has 1 aliphatic rings. The third-order valence-electron chi connectivity index (χ3n) is 3.89. The monoisotopic (exact) mass is 277 g/mol. The maximum atomic E-state index is 11.2. The first-order chi connectivity index (χ1) is 9.67. The minimum Gasteiger partial charge on any atom is -0.408 e. The summed E-state index contributed by atoms with van der Waals surface area (Å²) in [7, 11) is 0. The fraction of sp³-hybridized carbons (Fsp3) is 0.500. The molecular weight excluding hydrogens is 258 g/mol. The van der Waals surface area contributed by atoms with Crippen LogP contribution in [0.15, 0.2) is 21.3 Å². The van der Waals surface area contributed by atoms with Crippen LogP contribution in [0, 0.1) is 5.92 Å². The summed E-state index contributed by atoms with van der Waals surface area (Å²) in [6.07, 6.45) is 2.41. The smallest absolute Gasteiger partial charge is 0.408 e. The largest absolute Gasteiger partial charge is 0.417 e. The van der Waals surface area contributed by atoms with E-state index in [1.807, 2.05) is 6.07 Å². The van der Waals surface area contributed by atoms with Crippen LogP contribution in [0.2, 0.25) is 0 Å². The standard InChI is InChI=1S/C14H19N3O3/c1-2-12-8(3-4-19-12)7-16-10-6-11-13(5-9(10)15)20-14(18)17-11/h5-6,8,12,16H,2-4,7,15H2,1H3,(H,17,18). The van der Waals surface area contributed by atoms with Crippen molar-refractivity contribution in [3.05, 3.63) is 22.7 Å². The molecule has 1 saturated heterocycles. The molecule has 108 valence electrons. The molecule has 4 N–H and O–H groups in total. The number of nitrogens with one attached hydrogen (secondary N) is 2. The Morgan fingerprint density at radius 2 is 2.35 bits per heavy atom. The minimum absolute atomic E-state index is 0.321. The van der Waals surface area contributed by atoms with E-state index in [-0.39, 0.29) is 0 Å². The van der Waals surface area contributed by atoms with Crippen LogP contribution < -0.4 is 16.8 Å². The van der Waals surface area contributed by atoms with Crippen molar-refractivity contribution in [2.24, 2.45) is 5.92 Å². The van der Waals surface area contributed by atoms with E-state index in [0.29, 0.717) is 28.8 Å². The second kappa shape index (κ2) is 5.20. The molecule has 1 aromatic carbocycles. The van der Waals surface area contributed by atoms with Crippen LogP contribution >= 0.6 is 0 Å². The molecule has 0 radical (unpaired) electrons. The summed E-state index contributed by atoms with van der Waals surface area (Å²) in [5.74, 6) is 0.0327. The van der Waals surface area contributed by atoms with Crippen LogP contribution in [0.5, 0.6) is 0 Å². The predicted octanol–water partition coefficient (Wildman–Crippen LogP) is 1.93. The van der Waals surface area contributed by atoms with Crippen LogP contribution in [0.3, 0.4) is 0 Å². The van der Waals surface area contributed by atoms with Crippen LogP contribution in [0.4, 0.5) is 11.4 Å². The number of ether oxygens (including phenoxy) is 1. The topological polar surface area (TPSA) is 93.3 Å². The van der Waals surface area contributed by atoms with Crippen molar-refractivity contribution in [1.29, 1.82) is 0 Å². The second-order valence-corrected chi connectivity index (χ2v) is 5.20. The van der Waals surface area contributed by atoms with E-state index in [1.165, 1.54) is 0 Å². The average Bonchev–Trinajstić information content (AvgIpc) is 3.00. The number of rotatable bonds is 4. The summed E-state index contributed by atoms with van der Waals surface area (Å²) in [5.41, 5.74) is 8.50. The Labute approximate surface area is 116 Å². The second-order valence-electron chi connectivity index (χ2n) is 5.20. The Morgan fingerprint density at radius 1 is 1.50 bits per heavy atom. The zero-order valence-electron chi connectivity index (χ0n) is 11.4. The van der Waals surface area contributed by atoms with Crippen LogP contribution in [-0.2, 0) is 4.74 Å². The van der Waals surface area contributed by atoms with Gasteiger partial charge in [0.25, 0.3) is 0 Å². The van der Waals surface area contributed by atoms with Gasteiger partial charge in [0.2, 0.25) is 0 Å². The lowest BCUT2D eigenvalue weighted by molar-refractivity contribution is 0.0900. The van der Waals surface area contributed by atoms with Gasteiger partial charge in [-0.05, 0) is 18.9 Å². The molecule has 1 aliphatic heterocycles. The number of anilines is 2. The molecule has 20 heavy (non-hydrogen) atoms. The van der Waals surface area contributed by atoms with E-state index >= 15 is 0 Å². The summed E-state index contributed by atoms with van der Waals surface area (Å²) in [6.45, 7) is 3.78. The maximum absolute atomic E-state index is 11.2. The Hall–Kier alpha value is -1.95. The molecular formula is C14H19N3O3. The van der Waals surface area contributed by atoms with Gasteiger partial charge in [0, 0.05) is 25.1 Å². The van der Waals surface area contributed by atoms with E-state index in [4.69, 9.17) is 14.9 Å². The third kappa shape index (κ3) is 2.38. The number of nitrogen functional groups attached to an aromatic ring is 1. The molecule has 2 atom stereocenters. The number of nitrogens with two attached hydrogens (primary N) is 1. The lowest BCUT2D eigenvalue weighted by atomic mass is 9.99. The fourth-order valence-electron chi connectivity index (χ4n) is 2.78. The van der Waals surface area contributed by atoms with Gasteiger partial charge in [-0.15, -0.1) is 0 Å². The van der Waals surface area contributed by atoms with Crippen LogP contribution in [0.1, 0.15) is 19.8 Å². The summed E-state index contributed by atoms with van der Waals surface area (Å²) in [5, 5.41) is 3.35. The van der Waals surface area contributed by atoms with Gasteiger partial charge < -0.3 is 20.2 Å². The van der Waals surface area contributed by atoms with Gasteiger partial charge in [-0.3, -0.25) is 4.98 Å². The molecule has 0 amide bonds. The fourth-order valence-corrected chi connectivity index (χ4v) is 2.78. The minimum atomic E-state index is -0.466. The van der Waals surface area contributed by atoms with E-state index in [2.05, 4.69) is 17.2 Å². The zero-order valence-corrected chi connectivity index (χ0v) is 11.4. The third-order valence-corrected chi connectivity index (χ3v) is 3.89. The molecule has 6 nitrogen and oxygen atoms in total. The highest BCUT2D eigenvalue weighted by atomic mass is 16.5. The Morgan fingerprint density at radius 3 is 3.15 bits per heavy atom. The highest BCUT2D eigenvalue weighted by Gasteiger charge is 2.26. The summed E-state index contributed by atoms with van der Waals surface area (Å²) in [6, 6.07) is 3.48. The van der Waals surface area contributed by atoms with Gasteiger partial charge in [0.1, 0.15) is 0 Å². The maximum Gasteiger partial charge on any atom is 0.417 e. The van der Waals surface area contributed by atoms with Crippen molar-refractivity contribution in [1.82, 2.24) is 4.98 Å². The number of H-pyrrole nitrogens is 1. The normalized spacial score (nSPS) is 22.4. The molecule has 2 heterocycles. The lowest BCUT2D eigenvalue weighted by Gasteiger charge is -2.18. The molecule has 0 saturated carbocycles. The first kappa shape index (κ1) is 13.1. The predicted molar refractivity (Wildman–Crippen MR) is 77.9 cm³/mol. The van der Waals surface area contributed by atoms with Gasteiger partial charge in [0.15, 0.2) is 5.58 Å². The van der Waals surface area contributed by atoms with Gasteiger partial charge in [-0.1, -0.05) is 6.92 Å². The molecule has 1 aromatic heterocycles. The van der Waals surface area contributed by atoms with Crippen molar-refractivity contribution >= 4 is 22.5 Å². The SMILES string of the molecule is CCC1OCCC1CNc1cc2[nH]c(=O)oc2cc1N. The number of oxazole rings is 1. The quantitative estimate of drug-likeness (QED) is 0.742. The van der Waals surface area contributed by atoms with Gasteiger partial charge in [-0.2, -0.15) is 0 Å². The lowest BCUT2D eigenvalue weighted by Crippen LogP contribution is -2.23. The summed E-state index contributed by atoms with van der Waals surface area (Å²) in [4.78, 5) is 13.8. The number of hydrogen-bond acceptors (Lipinski definition) is 5. The van der Waals surface area contributed by atoms with Gasteiger partial charge in [-0.25, -0.2) is 4.79 Å². The zero-order chi connectivity index (χ0) is 14.1. The number of aromatic amines is 1. The van der Waals surface area contributed by atoms with Crippen LogP contribution in [-0.4, -0.2) is 24.2 Å². The van der Waals surface area contributed by atoms with E-state index < -0.39 is 5.76 Å². The molecule has 6 heteroatoms. The molecule has 0 bridgehead atoms. The molecule has 2 aromatic rings. The van der Waals surface area contributed by atoms with Crippen molar-refractivity contribution in [2.45, 2.75) is 25.9 Å². The van der Waals surface area contributed by atoms with Crippen molar-refractivity contribution in [3.8, 4) is 0 Å². The first-order valence-corrected chi connectivity index (χ1v) is 6.95. The highest BCUT2D eigenvalue weighted by molar-refractivity contribution is 5.85. The average molecular weight is 277 g/mol. The molecule has 1 fully saturated rings. The van der Waals surface area contributed by atoms with E-state index in [1.54, 1.807) is 6.07 Å². The van der Waals surface area contributed by atoms with Gasteiger partial charge in [0.05, 0.1) is 23.0 Å². The van der Waals surface area contributed by atoms with E-state index in [0.717, 1.165) is 31.7 Å². The Bertz CT molecular complexity index is 661. The van der Waals surface area contributed by atoms with Crippen LogP contribution in [0.25, 0.3) is 11.1 Å². The number of benzene rings is 1. The van der Waals surface area contributed by atoms with Gasteiger partial charge >= 0.3 is 5.76 Å². The van der Waals surface area contributed by atoms with Crippen molar-refractivity contribution in [2.75, 3.05) is 24.2 Å². The van der Waals surface area contributed by atoms with Crippen molar-refractivity contribution < 1.29 is 9.15 Å². The number of hydrogen-bond donors (Lipinski definition) is 3. The summed E-state index contributed by atoms with van der Waals surface area (Å²) < 4.78 is 10.7. The Balaban J connectivity index is 1.76. The highest BCUT2D eigenvalue weighted by Crippen LogP contribution is 2.27. The van der Waals surface area contributed by atoms with E-state index in [9.17, 15) is 4.79 Å². The van der Waals surface area contributed by atoms with Crippen molar-refractivity contribution in [3.63, 3.8) is 0 Å².